The third-order valence-electron chi connectivity index (χ3n) is 6.34. The van der Waals surface area contributed by atoms with Crippen LogP contribution < -0.4 is 10.0 Å². The van der Waals surface area contributed by atoms with Gasteiger partial charge in [0.05, 0.1) is 17.0 Å². The van der Waals surface area contributed by atoms with E-state index in [1.165, 1.54) is 5.57 Å². The van der Waals surface area contributed by atoms with Gasteiger partial charge >= 0.3 is 0 Å². The average Bonchev–Trinajstić information content (AvgIpc) is 2.91. The molecule has 1 amide bonds. The number of benzene rings is 3. The van der Waals surface area contributed by atoms with Crippen LogP contribution in [0.4, 0.5) is 0 Å². The predicted molar refractivity (Wildman–Crippen MR) is 144 cm³/mol. The fourth-order valence-electron chi connectivity index (χ4n) is 4.33. The molecule has 0 bridgehead atoms. The van der Waals surface area contributed by atoms with E-state index in [1.54, 1.807) is 24.3 Å². The third kappa shape index (κ3) is 6.80. The highest BCUT2D eigenvalue weighted by Gasteiger charge is 2.31. The van der Waals surface area contributed by atoms with Crippen LogP contribution in [0.3, 0.4) is 0 Å². The second-order valence-electron chi connectivity index (χ2n) is 9.05. The minimum Gasteiger partial charge on any atom is -0.347 e. The Labute approximate surface area is 214 Å². The summed E-state index contributed by atoms with van der Waals surface area (Å²) in [6.07, 6.45) is 9.23. The van der Waals surface area contributed by atoms with Gasteiger partial charge in [0.25, 0.3) is 0 Å². The van der Waals surface area contributed by atoms with Crippen molar-refractivity contribution in [3.05, 3.63) is 125 Å². The van der Waals surface area contributed by atoms with E-state index in [2.05, 4.69) is 28.3 Å². The fourth-order valence-corrected chi connectivity index (χ4v) is 5.57. The Morgan fingerprint density at radius 1 is 0.833 bits per heavy atom. The third-order valence-corrected chi connectivity index (χ3v) is 7.80. The summed E-state index contributed by atoms with van der Waals surface area (Å²) in [7, 11) is -3.86. The summed E-state index contributed by atoms with van der Waals surface area (Å²) in [6, 6.07) is 24.3. The molecule has 5 nitrogen and oxygen atoms in total. The van der Waals surface area contributed by atoms with Crippen LogP contribution in [0.15, 0.2) is 114 Å². The Morgan fingerprint density at radius 2 is 1.44 bits per heavy atom. The number of rotatable bonds is 10. The largest absolute Gasteiger partial charge is 0.347 e. The normalized spacial score (nSPS) is 15.1. The van der Waals surface area contributed by atoms with Gasteiger partial charge in [-0.25, -0.2) is 13.1 Å². The zero-order valence-electron chi connectivity index (χ0n) is 20.4. The Morgan fingerprint density at radius 3 is 2.03 bits per heavy atom. The molecule has 0 aliphatic heterocycles. The van der Waals surface area contributed by atoms with Gasteiger partial charge in [-0.2, -0.15) is 0 Å². The number of carbonyl (C=O) groups excluding carboxylic acids is 1. The Hall–Kier alpha value is -3.48. The zero-order valence-corrected chi connectivity index (χ0v) is 21.2. The number of allylic oxidation sites excluding steroid dienone is 4. The van der Waals surface area contributed by atoms with Crippen LogP contribution in [0.1, 0.15) is 54.5 Å². The molecule has 0 fully saturated rings. The lowest BCUT2D eigenvalue weighted by Gasteiger charge is -2.30. The maximum Gasteiger partial charge on any atom is 0.241 e. The highest BCUT2D eigenvalue weighted by molar-refractivity contribution is 7.89. The van der Waals surface area contributed by atoms with Gasteiger partial charge in [0, 0.05) is 6.42 Å². The molecule has 2 N–H and O–H groups in total. The second-order valence-corrected chi connectivity index (χ2v) is 10.8. The fraction of sp³-hybridized carbons (Fsp3) is 0.233. The molecule has 0 heterocycles. The molecule has 6 heteroatoms. The van der Waals surface area contributed by atoms with Crippen molar-refractivity contribution in [1.82, 2.24) is 10.0 Å². The minimum absolute atomic E-state index is 0.116. The Balaban J connectivity index is 1.64. The van der Waals surface area contributed by atoms with Crippen molar-refractivity contribution in [3.8, 4) is 0 Å². The summed E-state index contributed by atoms with van der Waals surface area (Å²) in [4.78, 5) is 13.3. The van der Waals surface area contributed by atoms with E-state index in [1.807, 2.05) is 67.6 Å². The molecule has 4 rings (SSSR count). The SMILES string of the molecule is Cc1ccc(S(=O)(=O)NC(c2ccccc2)C(NC(=O)CCC2=CCC=CC2)c2ccccc2)cc1. The van der Waals surface area contributed by atoms with Gasteiger partial charge in [0.2, 0.25) is 15.9 Å². The van der Waals surface area contributed by atoms with Crippen molar-refractivity contribution in [2.75, 3.05) is 0 Å². The number of hydrogen-bond donors (Lipinski definition) is 2. The van der Waals surface area contributed by atoms with Crippen LogP contribution in [-0.4, -0.2) is 14.3 Å². The van der Waals surface area contributed by atoms with E-state index in [4.69, 9.17) is 0 Å². The summed E-state index contributed by atoms with van der Waals surface area (Å²) in [5.41, 5.74) is 3.82. The Kier molecular flexibility index (Phi) is 8.52. The summed E-state index contributed by atoms with van der Waals surface area (Å²) in [5, 5.41) is 3.14. The Bertz CT molecular complexity index is 1320. The molecular weight excluding hydrogens is 468 g/mol. The van der Waals surface area contributed by atoms with Crippen LogP contribution in [0.2, 0.25) is 0 Å². The predicted octanol–water partition coefficient (Wildman–Crippen LogP) is 5.93. The molecule has 0 saturated carbocycles. The summed E-state index contributed by atoms with van der Waals surface area (Å²) in [5.74, 6) is -0.116. The highest BCUT2D eigenvalue weighted by Crippen LogP contribution is 2.31. The monoisotopic (exact) mass is 500 g/mol. The minimum atomic E-state index is -3.86. The van der Waals surface area contributed by atoms with Crippen molar-refractivity contribution in [1.29, 1.82) is 0 Å². The summed E-state index contributed by atoms with van der Waals surface area (Å²) < 4.78 is 29.8. The van der Waals surface area contributed by atoms with Crippen molar-refractivity contribution < 1.29 is 13.2 Å². The number of sulfonamides is 1. The lowest BCUT2D eigenvalue weighted by Crippen LogP contribution is -2.40. The molecule has 0 spiro atoms. The molecule has 2 unspecified atom stereocenters. The van der Waals surface area contributed by atoms with Crippen molar-refractivity contribution >= 4 is 15.9 Å². The lowest BCUT2D eigenvalue weighted by molar-refractivity contribution is -0.122. The first-order chi connectivity index (χ1) is 17.4. The van der Waals surface area contributed by atoms with Gasteiger partial charge in [0.15, 0.2) is 0 Å². The molecule has 3 aromatic carbocycles. The van der Waals surface area contributed by atoms with Crippen molar-refractivity contribution in [3.63, 3.8) is 0 Å². The van der Waals surface area contributed by atoms with Crippen LogP contribution in [0, 0.1) is 6.92 Å². The second kappa shape index (κ2) is 12.0. The molecule has 36 heavy (non-hydrogen) atoms. The lowest BCUT2D eigenvalue weighted by atomic mass is 9.93. The van der Waals surface area contributed by atoms with Crippen LogP contribution >= 0.6 is 0 Å². The van der Waals surface area contributed by atoms with E-state index >= 15 is 0 Å². The number of aryl methyl sites for hydroxylation is 1. The van der Waals surface area contributed by atoms with Crippen molar-refractivity contribution in [2.45, 2.75) is 49.6 Å². The molecule has 3 aromatic rings. The number of carbonyl (C=O) groups is 1. The first kappa shape index (κ1) is 25.6. The standard InChI is InChI=1S/C30H32N2O3S/c1-23-17-20-27(21-18-23)36(34,35)32-30(26-15-9-4-10-16-26)29(25-13-7-3-8-14-25)31-28(33)22-19-24-11-5-2-6-12-24/h2-5,7-10,12-18,20-21,29-30,32H,6,11,19,22H2,1H3,(H,31,33). The van der Waals surface area contributed by atoms with Gasteiger partial charge in [-0.15, -0.1) is 0 Å². The van der Waals surface area contributed by atoms with Crippen LogP contribution in [-0.2, 0) is 14.8 Å². The molecule has 0 radical (unpaired) electrons. The van der Waals surface area contributed by atoms with Gasteiger partial charge in [-0.3, -0.25) is 4.79 Å². The molecule has 0 saturated heterocycles. The molecule has 1 aliphatic rings. The van der Waals surface area contributed by atoms with E-state index in [0.29, 0.717) is 12.8 Å². The van der Waals surface area contributed by atoms with Gasteiger partial charge in [0.1, 0.15) is 0 Å². The number of amides is 1. The zero-order chi connectivity index (χ0) is 25.4. The molecule has 1 aliphatic carbocycles. The van der Waals surface area contributed by atoms with E-state index in [9.17, 15) is 13.2 Å². The van der Waals surface area contributed by atoms with Crippen LogP contribution in [0.5, 0.6) is 0 Å². The van der Waals surface area contributed by atoms with Gasteiger partial charge in [-0.1, -0.05) is 102 Å². The summed E-state index contributed by atoms with van der Waals surface area (Å²) >= 11 is 0. The maximum atomic E-state index is 13.4. The van der Waals surface area contributed by atoms with Gasteiger partial charge < -0.3 is 5.32 Å². The molecule has 2 atom stereocenters. The molecule has 0 aromatic heterocycles. The van der Waals surface area contributed by atoms with E-state index in [0.717, 1.165) is 29.5 Å². The summed E-state index contributed by atoms with van der Waals surface area (Å²) in [6.45, 7) is 1.91. The highest BCUT2D eigenvalue weighted by atomic mass is 32.2. The number of nitrogens with one attached hydrogen (secondary N) is 2. The first-order valence-electron chi connectivity index (χ1n) is 12.2. The quantitative estimate of drug-likeness (QED) is 0.339. The first-order valence-corrected chi connectivity index (χ1v) is 13.7. The maximum absolute atomic E-state index is 13.4. The number of hydrogen-bond acceptors (Lipinski definition) is 3. The smallest absolute Gasteiger partial charge is 0.241 e. The molecule has 186 valence electrons. The molecular formula is C30H32N2O3S. The van der Waals surface area contributed by atoms with Crippen molar-refractivity contribution in [2.24, 2.45) is 0 Å². The topological polar surface area (TPSA) is 75.3 Å². The van der Waals surface area contributed by atoms with Gasteiger partial charge in [-0.05, 0) is 49.4 Å². The average molecular weight is 501 g/mol. The van der Waals surface area contributed by atoms with Crippen LogP contribution in [0.25, 0.3) is 0 Å². The van der Waals surface area contributed by atoms with E-state index < -0.39 is 22.1 Å². The van der Waals surface area contributed by atoms with E-state index in [-0.39, 0.29) is 10.8 Å².